The molecule has 2 rings (SSSR count). The van der Waals surface area contributed by atoms with Crippen molar-refractivity contribution >= 4 is 23.8 Å². The van der Waals surface area contributed by atoms with E-state index >= 15 is 0 Å². The average Bonchev–Trinajstić information content (AvgIpc) is 2.64. The Bertz CT molecular complexity index is 861. The summed E-state index contributed by atoms with van der Waals surface area (Å²) in [5.74, 6) is 0.895. The van der Waals surface area contributed by atoms with Crippen LogP contribution in [0.4, 0.5) is 4.79 Å². The molecule has 0 saturated heterocycles. The maximum Gasteiger partial charge on any atom is 0.408 e. The second-order valence-electron chi connectivity index (χ2n) is 8.37. The van der Waals surface area contributed by atoms with Gasteiger partial charge < -0.3 is 19.9 Å². The van der Waals surface area contributed by atoms with Crippen LogP contribution < -0.4 is 10.1 Å². The van der Waals surface area contributed by atoms with Gasteiger partial charge in [0.15, 0.2) is 0 Å². The molecule has 2 aromatic carbocycles. The summed E-state index contributed by atoms with van der Waals surface area (Å²) in [6, 6.07) is 16.0. The maximum absolute atomic E-state index is 12.1. The Morgan fingerprint density at radius 1 is 1.00 bits per heavy atom. The lowest BCUT2D eigenvalue weighted by atomic mass is 10.0. The Morgan fingerprint density at radius 3 is 2.23 bits per heavy atom. The Balaban J connectivity index is 2.03. The Hall–Kier alpha value is -2.67. The van der Waals surface area contributed by atoms with Gasteiger partial charge in [-0.3, -0.25) is 0 Å². The fourth-order valence-corrected chi connectivity index (χ4v) is 3.68. The number of carboxylic acids is 1. The lowest BCUT2D eigenvalue weighted by molar-refractivity contribution is -0.140. The number of alkyl carbamates (subject to hydrolysis) is 1. The van der Waals surface area contributed by atoms with Crippen LogP contribution in [0.15, 0.2) is 54.6 Å². The molecule has 1 amide bonds. The van der Waals surface area contributed by atoms with E-state index in [1.165, 1.54) is 11.8 Å². The molecular formula is C23H29NO5S. The van der Waals surface area contributed by atoms with Crippen LogP contribution in [0.5, 0.6) is 11.5 Å². The molecule has 0 unspecified atom stereocenters. The molecule has 0 aliphatic carbocycles. The molecule has 0 spiro atoms. The highest BCUT2D eigenvalue weighted by Gasteiger charge is 2.38. The molecule has 6 nitrogen and oxygen atoms in total. The predicted octanol–water partition coefficient (Wildman–Crippen LogP) is 5.47. The van der Waals surface area contributed by atoms with E-state index in [4.69, 9.17) is 9.47 Å². The number of carbonyl (C=O) groups is 2. The van der Waals surface area contributed by atoms with Gasteiger partial charge in [-0.25, -0.2) is 9.59 Å². The molecule has 0 radical (unpaired) electrons. The van der Waals surface area contributed by atoms with Crippen molar-refractivity contribution in [3.8, 4) is 11.5 Å². The molecule has 0 bridgehead atoms. The van der Waals surface area contributed by atoms with E-state index in [1.54, 1.807) is 34.6 Å². The van der Waals surface area contributed by atoms with Crippen molar-refractivity contribution in [2.24, 2.45) is 0 Å². The second kappa shape index (κ2) is 9.89. The molecule has 2 N–H and O–H groups in total. The average molecular weight is 432 g/mol. The van der Waals surface area contributed by atoms with Crippen LogP contribution >= 0.6 is 11.8 Å². The van der Waals surface area contributed by atoms with Gasteiger partial charge in [0.25, 0.3) is 0 Å². The molecule has 7 heteroatoms. The van der Waals surface area contributed by atoms with E-state index in [2.05, 4.69) is 5.32 Å². The number of hydrogen-bond donors (Lipinski definition) is 2. The van der Waals surface area contributed by atoms with Crippen molar-refractivity contribution in [1.29, 1.82) is 0 Å². The van der Waals surface area contributed by atoms with Crippen molar-refractivity contribution < 1.29 is 24.2 Å². The summed E-state index contributed by atoms with van der Waals surface area (Å²) >= 11 is 1.44. The first-order chi connectivity index (χ1) is 14.0. The number of benzene rings is 2. The van der Waals surface area contributed by atoms with Crippen molar-refractivity contribution in [3.63, 3.8) is 0 Å². The maximum atomic E-state index is 12.1. The number of hydrogen-bond acceptors (Lipinski definition) is 5. The first-order valence-corrected chi connectivity index (χ1v) is 10.6. The Kier molecular flexibility index (Phi) is 7.78. The number of nitrogens with one attached hydrogen (secondary N) is 1. The molecule has 0 heterocycles. The van der Waals surface area contributed by atoms with Crippen LogP contribution in [0.2, 0.25) is 0 Å². The van der Waals surface area contributed by atoms with Gasteiger partial charge >= 0.3 is 12.1 Å². The Morgan fingerprint density at radius 2 is 1.63 bits per heavy atom. The smallest absolute Gasteiger partial charge is 0.408 e. The predicted molar refractivity (Wildman–Crippen MR) is 119 cm³/mol. The van der Waals surface area contributed by atoms with Crippen molar-refractivity contribution in [3.05, 3.63) is 60.2 Å². The Labute approximate surface area is 182 Å². The minimum absolute atomic E-state index is 0.554. The van der Waals surface area contributed by atoms with Crippen molar-refractivity contribution in [1.82, 2.24) is 5.32 Å². The minimum atomic E-state index is -1.11. The summed E-state index contributed by atoms with van der Waals surface area (Å²) in [7, 11) is 0. The number of rotatable bonds is 8. The van der Waals surface area contributed by atoms with Gasteiger partial charge in [0, 0.05) is 10.5 Å². The summed E-state index contributed by atoms with van der Waals surface area (Å²) in [5.41, 5.74) is 0.284. The van der Waals surface area contributed by atoms with Gasteiger partial charge in [0.05, 0.1) is 0 Å². The summed E-state index contributed by atoms with van der Waals surface area (Å²) in [4.78, 5) is 23.9. The highest BCUT2D eigenvalue weighted by atomic mass is 32.2. The molecule has 0 fully saturated rings. The third-order valence-electron chi connectivity index (χ3n) is 4.09. The number of carboxylic acid groups (broad SMARTS) is 1. The van der Waals surface area contributed by atoms with Crippen LogP contribution in [-0.2, 0) is 15.3 Å². The zero-order valence-electron chi connectivity index (χ0n) is 18.0. The van der Waals surface area contributed by atoms with E-state index in [9.17, 15) is 14.7 Å². The van der Waals surface area contributed by atoms with Gasteiger partial charge in [0.1, 0.15) is 23.1 Å². The van der Waals surface area contributed by atoms with Crippen molar-refractivity contribution in [2.75, 3.05) is 0 Å². The third-order valence-corrected chi connectivity index (χ3v) is 5.55. The molecule has 30 heavy (non-hydrogen) atoms. The number of thioether (sulfide) groups is 1. The zero-order chi connectivity index (χ0) is 22.4. The van der Waals surface area contributed by atoms with E-state index in [-0.39, 0.29) is 0 Å². The standard InChI is InChI=1S/C23H29NO5S/c1-22(2,3)29-21(27)24-19(20(25)26)23(4,5)30-15-16-10-9-13-18(14-16)28-17-11-7-6-8-12-17/h6-14,19H,15H2,1-5H3,(H,24,27)(H,25,26)/t19-/m1/s1. The summed E-state index contributed by atoms with van der Waals surface area (Å²) in [6.45, 7) is 8.77. The topological polar surface area (TPSA) is 84.9 Å². The molecule has 0 saturated carbocycles. The fourth-order valence-electron chi connectivity index (χ4n) is 2.63. The quantitative estimate of drug-likeness (QED) is 0.577. The summed E-state index contributed by atoms with van der Waals surface area (Å²) in [5, 5.41) is 12.1. The third kappa shape index (κ3) is 7.63. The molecule has 1 atom stereocenters. The monoisotopic (exact) mass is 431 g/mol. The highest BCUT2D eigenvalue weighted by Crippen LogP contribution is 2.33. The molecule has 0 aromatic heterocycles. The first kappa shape index (κ1) is 23.6. The minimum Gasteiger partial charge on any atom is -0.480 e. The lowest BCUT2D eigenvalue weighted by Crippen LogP contribution is -2.53. The lowest BCUT2D eigenvalue weighted by Gasteiger charge is -2.32. The van der Waals surface area contributed by atoms with Gasteiger partial charge in [-0.05, 0) is 64.4 Å². The normalized spacial score (nSPS) is 12.7. The van der Waals surface area contributed by atoms with Gasteiger partial charge in [0.2, 0.25) is 0 Å². The van der Waals surface area contributed by atoms with Gasteiger partial charge in [-0.2, -0.15) is 0 Å². The number of amides is 1. The van der Waals surface area contributed by atoms with Crippen LogP contribution in [0.3, 0.4) is 0 Å². The van der Waals surface area contributed by atoms with Crippen molar-refractivity contribution in [2.45, 2.75) is 56.8 Å². The van der Waals surface area contributed by atoms with Crippen LogP contribution in [0, 0.1) is 0 Å². The fraction of sp³-hybridized carbons (Fsp3) is 0.391. The van der Waals surface area contributed by atoms with E-state index in [0.29, 0.717) is 11.5 Å². The van der Waals surface area contributed by atoms with E-state index in [0.717, 1.165) is 11.3 Å². The summed E-state index contributed by atoms with van der Waals surface area (Å²) < 4.78 is 10.3. The second-order valence-corrected chi connectivity index (χ2v) is 10.0. The number of aliphatic carboxylic acids is 1. The number of carbonyl (C=O) groups excluding carboxylic acids is 1. The van der Waals surface area contributed by atoms with Crippen LogP contribution in [0.25, 0.3) is 0 Å². The molecule has 162 valence electrons. The van der Waals surface area contributed by atoms with Gasteiger partial charge in [-0.1, -0.05) is 30.3 Å². The highest BCUT2D eigenvalue weighted by molar-refractivity contribution is 7.99. The van der Waals surface area contributed by atoms with E-state index < -0.39 is 28.5 Å². The molecule has 0 aliphatic heterocycles. The van der Waals surface area contributed by atoms with E-state index in [1.807, 2.05) is 54.6 Å². The molecule has 0 aliphatic rings. The SMILES string of the molecule is CC(C)(C)OC(=O)N[C@H](C(=O)O)C(C)(C)SCc1cccc(Oc2ccccc2)c1. The zero-order valence-corrected chi connectivity index (χ0v) is 18.8. The number of ether oxygens (including phenoxy) is 2. The molecular weight excluding hydrogens is 402 g/mol. The first-order valence-electron chi connectivity index (χ1n) is 9.64. The van der Waals surface area contributed by atoms with Crippen LogP contribution in [0.1, 0.15) is 40.2 Å². The number of para-hydroxylation sites is 1. The van der Waals surface area contributed by atoms with Gasteiger partial charge in [-0.15, -0.1) is 11.8 Å². The van der Waals surface area contributed by atoms with Crippen LogP contribution in [-0.4, -0.2) is 33.6 Å². The largest absolute Gasteiger partial charge is 0.480 e. The summed E-state index contributed by atoms with van der Waals surface area (Å²) in [6.07, 6.45) is -0.748. The molecule has 2 aromatic rings.